The minimum absolute atomic E-state index is 0.0440. The first-order chi connectivity index (χ1) is 4.75. The average molecular weight is 141 g/mol. The van der Waals surface area contributed by atoms with E-state index < -0.39 is 5.91 Å². The van der Waals surface area contributed by atoms with Crippen LogP contribution in [0.2, 0.25) is 0 Å². The highest BCUT2D eigenvalue weighted by Gasteiger charge is 2.10. The second kappa shape index (κ2) is 2.40. The van der Waals surface area contributed by atoms with E-state index in [4.69, 9.17) is 16.0 Å². The van der Waals surface area contributed by atoms with Crippen LogP contribution >= 0.6 is 0 Å². The number of nitrogens with one attached hydrogen (secondary N) is 1. The van der Waals surface area contributed by atoms with Gasteiger partial charge in [0.05, 0.1) is 12.0 Å². The molecule has 5 nitrogen and oxygen atoms in total. The summed E-state index contributed by atoms with van der Waals surface area (Å²) in [6.07, 6.45) is 1.32. The second-order valence-electron chi connectivity index (χ2n) is 1.68. The van der Waals surface area contributed by atoms with Crippen LogP contribution in [0.25, 0.3) is 0 Å². The lowest BCUT2D eigenvalue weighted by Crippen LogP contribution is -2.30. The Balaban J connectivity index is 2.93. The molecule has 5 N–H and O–H groups in total. The molecule has 0 aliphatic rings. The van der Waals surface area contributed by atoms with E-state index in [1.165, 1.54) is 12.3 Å². The molecule has 0 spiro atoms. The number of hydrazine groups is 1. The molecule has 1 heterocycles. The van der Waals surface area contributed by atoms with Gasteiger partial charge in [0.15, 0.2) is 0 Å². The number of hydrogen-bond acceptors (Lipinski definition) is 4. The van der Waals surface area contributed by atoms with Crippen molar-refractivity contribution in [3.05, 3.63) is 18.1 Å². The van der Waals surface area contributed by atoms with Gasteiger partial charge in [0.2, 0.25) is 5.76 Å². The number of anilines is 1. The maximum atomic E-state index is 10.7. The molecule has 1 aromatic rings. The monoisotopic (exact) mass is 141 g/mol. The van der Waals surface area contributed by atoms with Gasteiger partial charge in [-0.25, -0.2) is 5.84 Å². The second-order valence-corrected chi connectivity index (χ2v) is 1.68. The van der Waals surface area contributed by atoms with Crippen molar-refractivity contribution in [2.75, 3.05) is 5.73 Å². The highest BCUT2D eigenvalue weighted by atomic mass is 16.3. The van der Waals surface area contributed by atoms with E-state index in [9.17, 15) is 4.79 Å². The van der Waals surface area contributed by atoms with Gasteiger partial charge in [0, 0.05) is 6.07 Å². The normalized spacial score (nSPS) is 9.30. The lowest BCUT2D eigenvalue weighted by Gasteiger charge is -1.93. The Morgan fingerprint density at radius 2 is 2.40 bits per heavy atom. The van der Waals surface area contributed by atoms with Crippen molar-refractivity contribution >= 4 is 11.6 Å². The molecule has 0 saturated heterocycles. The van der Waals surface area contributed by atoms with Crippen molar-refractivity contribution < 1.29 is 9.21 Å². The van der Waals surface area contributed by atoms with E-state index in [2.05, 4.69) is 0 Å². The fourth-order valence-corrected chi connectivity index (χ4v) is 0.569. The van der Waals surface area contributed by atoms with Crippen molar-refractivity contribution in [1.29, 1.82) is 0 Å². The molecule has 5 heteroatoms. The molecular weight excluding hydrogens is 134 g/mol. The summed E-state index contributed by atoms with van der Waals surface area (Å²) in [5, 5.41) is 0. The number of furan rings is 1. The largest absolute Gasteiger partial charge is 0.457 e. The van der Waals surface area contributed by atoms with Gasteiger partial charge in [-0.15, -0.1) is 0 Å². The fourth-order valence-electron chi connectivity index (χ4n) is 0.569. The first kappa shape index (κ1) is 6.63. The molecule has 0 aliphatic carbocycles. The first-order valence-electron chi connectivity index (χ1n) is 2.59. The Kier molecular flexibility index (Phi) is 1.59. The summed E-state index contributed by atoms with van der Waals surface area (Å²) >= 11 is 0. The molecule has 1 amide bonds. The Morgan fingerprint density at radius 3 is 2.80 bits per heavy atom. The van der Waals surface area contributed by atoms with Crippen LogP contribution in [0.5, 0.6) is 0 Å². The maximum Gasteiger partial charge on any atom is 0.303 e. The summed E-state index contributed by atoms with van der Waals surface area (Å²) in [7, 11) is 0. The van der Waals surface area contributed by atoms with Gasteiger partial charge in [-0.3, -0.25) is 10.2 Å². The quantitative estimate of drug-likeness (QED) is 0.278. The summed E-state index contributed by atoms with van der Waals surface area (Å²) in [6, 6.07) is 1.48. The minimum Gasteiger partial charge on any atom is -0.457 e. The third kappa shape index (κ3) is 0.939. The van der Waals surface area contributed by atoms with E-state index in [1.54, 1.807) is 0 Å². The first-order valence-corrected chi connectivity index (χ1v) is 2.59. The molecular formula is C5H7N3O2. The van der Waals surface area contributed by atoms with Crippen molar-refractivity contribution in [2.45, 2.75) is 0 Å². The molecule has 0 saturated carbocycles. The average Bonchev–Trinajstić information content (AvgIpc) is 2.34. The van der Waals surface area contributed by atoms with Crippen LogP contribution in [0.3, 0.4) is 0 Å². The zero-order valence-corrected chi connectivity index (χ0v) is 5.13. The van der Waals surface area contributed by atoms with Crippen LogP contribution < -0.4 is 17.0 Å². The van der Waals surface area contributed by atoms with Crippen LogP contribution in [-0.2, 0) is 0 Å². The number of nitrogens with two attached hydrogens (primary N) is 2. The van der Waals surface area contributed by atoms with Crippen LogP contribution in [0.15, 0.2) is 16.7 Å². The zero-order chi connectivity index (χ0) is 7.56. The minimum atomic E-state index is -0.525. The smallest absolute Gasteiger partial charge is 0.303 e. The lowest BCUT2D eigenvalue weighted by molar-refractivity contribution is 0.0927. The lowest BCUT2D eigenvalue weighted by atomic mass is 10.4. The van der Waals surface area contributed by atoms with Gasteiger partial charge in [0.1, 0.15) is 0 Å². The molecule has 0 fully saturated rings. The number of amides is 1. The number of carbonyl (C=O) groups is 1. The molecule has 54 valence electrons. The highest BCUT2D eigenvalue weighted by molar-refractivity contribution is 5.95. The molecule has 10 heavy (non-hydrogen) atoms. The fraction of sp³-hybridized carbons (Fsp3) is 0. The predicted molar refractivity (Wildman–Crippen MR) is 34.8 cm³/mol. The Labute approximate surface area is 57.0 Å². The molecule has 0 aliphatic heterocycles. The Bertz CT molecular complexity index is 243. The molecule has 0 atom stereocenters. The topological polar surface area (TPSA) is 94.3 Å². The SMILES string of the molecule is NNC(=O)c1occc1N. The number of rotatable bonds is 1. The summed E-state index contributed by atoms with van der Waals surface area (Å²) in [4.78, 5) is 10.7. The molecule has 1 rings (SSSR count). The molecule has 1 aromatic heterocycles. The Morgan fingerprint density at radius 1 is 1.70 bits per heavy atom. The summed E-state index contributed by atoms with van der Waals surface area (Å²) in [5.74, 6) is 4.34. The molecule has 0 bridgehead atoms. The number of carbonyl (C=O) groups excluding carboxylic acids is 1. The van der Waals surface area contributed by atoms with Crippen LogP contribution in [-0.4, -0.2) is 5.91 Å². The molecule has 0 unspecified atom stereocenters. The van der Waals surface area contributed by atoms with Crippen molar-refractivity contribution in [2.24, 2.45) is 5.84 Å². The maximum absolute atomic E-state index is 10.7. The van der Waals surface area contributed by atoms with E-state index in [1.807, 2.05) is 5.43 Å². The van der Waals surface area contributed by atoms with Crippen LogP contribution in [0.1, 0.15) is 10.6 Å². The van der Waals surface area contributed by atoms with Gasteiger partial charge in [-0.2, -0.15) is 0 Å². The third-order valence-electron chi connectivity index (χ3n) is 1.03. The summed E-state index contributed by atoms with van der Waals surface area (Å²) < 4.78 is 4.70. The summed E-state index contributed by atoms with van der Waals surface area (Å²) in [6.45, 7) is 0. The van der Waals surface area contributed by atoms with Gasteiger partial charge in [-0.05, 0) is 0 Å². The summed E-state index contributed by atoms with van der Waals surface area (Å²) in [5.41, 5.74) is 7.48. The van der Waals surface area contributed by atoms with E-state index in [-0.39, 0.29) is 11.4 Å². The van der Waals surface area contributed by atoms with Gasteiger partial charge < -0.3 is 10.2 Å². The van der Waals surface area contributed by atoms with Gasteiger partial charge in [-0.1, -0.05) is 0 Å². The Hall–Kier alpha value is -1.49. The number of nitrogen functional groups attached to an aromatic ring is 2. The van der Waals surface area contributed by atoms with E-state index >= 15 is 0 Å². The van der Waals surface area contributed by atoms with Gasteiger partial charge in [0.25, 0.3) is 0 Å². The third-order valence-corrected chi connectivity index (χ3v) is 1.03. The van der Waals surface area contributed by atoms with Crippen LogP contribution in [0.4, 0.5) is 5.69 Å². The van der Waals surface area contributed by atoms with Crippen molar-refractivity contribution in [3.8, 4) is 0 Å². The zero-order valence-electron chi connectivity index (χ0n) is 5.13. The molecule has 0 aromatic carbocycles. The van der Waals surface area contributed by atoms with Crippen molar-refractivity contribution in [3.63, 3.8) is 0 Å². The molecule has 0 radical (unpaired) electrons. The predicted octanol–water partition coefficient (Wildman–Crippen LogP) is -0.535. The van der Waals surface area contributed by atoms with Gasteiger partial charge >= 0.3 is 5.91 Å². The van der Waals surface area contributed by atoms with Crippen molar-refractivity contribution in [1.82, 2.24) is 5.43 Å². The van der Waals surface area contributed by atoms with E-state index in [0.717, 1.165) is 0 Å². The highest BCUT2D eigenvalue weighted by Crippen LogP contribution is 2.10. The van der Waals surface area contributed by atoms with E-state index in [0.29, 0.717) is 0 Å². The van der Waals surface area contributed by atoms with Crippen LogP contribution in [0, 0.1) is 0 Å². The standard InChI is InChI=1S/C5H7N3O2/c6-3-1-2-10-4(3)5(9)8-7/h1-2H,6-7H2,(H,8,9). The number of hydrogen-bond donors (Lipinski definition) is 3.